The predicted octanol–water partition coefficient (Wildman–Crippen LogP) is 3.16. The summed E-state index contributed by atoms with van der Waals surface area (Å²) in [5.74, 6) is -2.08. The number of aromatic nitrogens is 3. The molecule has 36 heavy (non-hydrogen) atoms. The molecule has 0 radical (unpaired) electrons. The molecule has 2 N–H and O–H groups in total. The maximum Gasteiger partial charge on any atom is 0.380 e. The number of hydrogen-bond donors (Lipinski definition) is 1. The third-order valence-corrected chi connectivity index (χ3v) is 5.57. The van der Waals surface area contributed by atoms with Crippen LogP contribution in [0.25, 0.3) is 11.1 Å². The number of hydrogen-bond acceptors (Lipinski definition) is 8. The second kappa shape index (κ2) is 9.98. The number of benzene rings is 3. The van der Waals surface area contributed by atoms with E-state index in [1.807, 2.05) is 0 Å². The molecule has 0 spiro atoms. The average molecular weight is 512 g/mol. The zero-order valence-electron chi connectivity index (χ0n) is 18.7. The third kappa shape index (κ3) is 5.40. The van der Waals surface area contributed by atoms with Gasteiger partial charge < -0.3 is 8.92 Å². The van der Waals surface area contributed by atoms with E-state index < -0.39 is 27.7 Å². The summed E-state index contributed by atoms with van der Waals surface area (Å²) in [5, 5.41) is 23.4. The molecule has 184 valence electrons. The van der Waals surface area contributed by atoms with Gasteiger partial charge in [-0.1, -0.05) is 12.1 Å². The van der Waals surface area contributed by atoms with Crippen LogP contribution in [0.15, 0.2) is 67.3 Å². The highest BCUT2D eigenvalue weighted by Gasteiger charge is 2.20. The minimum Gasteiger partial charge on any atom is -0.497 e. The summed E-state index contributed by atoms with van der Waals surface area (Å²) in [6.07, 6.45) is 2.67. The van der Waals surface area contributed by atoms with Gasteiger partial charge in [-0.25, -0.2) is 13.5 Å². The molecule has 0 fully saturated rings. The number of rotatable bonds is 8. The van der Waals surface area contributed by atoms with Crippen LogP contribution in [0, 0.1) is 23.0 Å². The van der Waals surface area contributed by atoms with Gasteiger partial charge in [0.25, 0.3) is 0 Å². The Morgan fingerprint density at radius 2 is 1.67 bits per heavy atom. The molecule has 13 heteroatoms. The fourth-order valence-electron chi connectivity index (χ4n) is 3.49. The summed E-state index contributed by atoms with van der Waals surface area (Å²) >= 11 is 0. The van der Waals surface area contributed by atoms with Crippen LogP contribution < -0.4 is 19.1 Å². The lowest BCUT2D eigenvalue weighted by Gasteiger charge is -2.26. The second-order valence-electron chi connectivity index (χ2n) is 7.41. The van der Waals surface area contributed by atoms with Crippen LogP contribution in [0.4, 0.5) is 14.5 Å². The summed E-state index contributed by atoms with van der Waals surface area (Å²) in [7, 11) is -2.93. The molecule has 0 aliphatic rings. The largest absolute Gasteiger partial charge is 0.497 e. The summed E-state index contributed by atoms with van der Waals surface area (Å²) in [5.41, 5.74) is 1.76. The second-order valence-corrected chi connectivity index (χ2v) is 8.56. The average Bonchev–Trinajstić information content (AvgIpc) is 3.37. The molecule has 1 aromatic heterocycles. The van der Waals surface area contributed by atoms with E-state index in [1.165, 1.54) is 22.3 Å². The number of ether oxygens (including phenoxy) is 1. The van der Waals surface area contributed by atoms with Crippen LogP contribution in [-0.4, -0.2) is 30.4 Å². The lowest BCUT2D eigenvalue weighted by molar-refractivity contribution is 0.415. The van der Waals surface area contributed by atoms with Gasteiger partial charge in [0.15, 0.2) is 0 Å². The van der Waals surface area contributed by atoms with Crippen molar-refractivity contribution in [2.45, 2.75) is 6.54 Å². The zero-order chi connectivity index (χ0) is 25.9. The van der Waals surface area contributed by atoms with E-state index in [0.29, 0.717) is 34.7 Å². The van der Waals surface area contributed by atoms with Crippen LogP contribution in [0.1, 0.15) is 11.1 Å². The molecule has 0 atom stereocenters. The van der Waals surface area contributed by atoms with Gasteiger partial charge >= 0.3 is 10.3 Å². The van der Waals surface area contributed by atoms with Crippen LogP contribution in [0.3, 0.4) is 0 Å². The van der Waals surface area contributed by atoms with Crippen molar-refractivity contribution in [3.63, 3.8) is 0 Å². The van der Waals surface area contributed by atoms with Gasteiger partial charge in [0.1, 0.15) is 35.8 Å². The first-order chi connectivity index (χ1) is 17.2. The molecular formula is C23H18F2N6O4S. The van der Waals surface area contributed by atoms with E-state index in [0.717, 1.165) is 5.56 Å². The number of methoxy groups -OCH3 is 1. The Hall–Kier alpha value is -4.54. The number of nitrogens with two attached hydrogens (primary N) is 1. The van der Waals surface area contributed by atoms with Gasteiger partial charge in [-0.15, -0.1) is 10.2 Å². The quantitative estimate of drug-likeness (QED) is 0.380. The molecular weight excluding hydrogens is 494 g/mol. The first-order valence-corrected chi connectivity index (χ1v) is 11.7. The normalized spacial score (nSPS) is 11.1. The van der Waals surface area contributed by atoms with Gasteiger partial charge in [-0.3, -0.25) is 5.01 Å². The first-order valence-electron chi connectivity index (χ1n) is 10.2. The lowest BCUT2D eigenvalue weighted by atomic mass is 9.99. The Morgan fingerprint density at radius 1 is 1.03 bits per heavy atom. The van der Waals surface area contributed by atoms with Crippen molar-refractivity contribution < 1.29 is 26.1 Å². The lowest BCUT2D eigenvalue weighted by Crippen LogP contribution is -2.29. The van der Waals surface area contributed by atoms with E-state index in [1.54, 1.807) is 49.6 Å². The Labute approximate surface area is 205 Å². The predicted molar refractivity (Wildman–Crippen MR) is 125 cm³/mol. The molecule has 0 bridgehead atoms. The van der Waals surface area contributed by atoms with E-state index in [4.69, 9.17) is 9.88 Å². The van der Waals surface area contributed by atoms with Crippen molar-refractivity contribution in [2.24, 2.45) is 5.14 Å². The van der Waals surface area contributed by atoms with Gasteiger partial charge in [-0.05, 0) is 35.9 Å². The standard InChI is InChI=1S/C23H18F2N6O4S/c1-34-18-6-3-15(4-7-18)20-8-17(5-2-16(20)11-26)31(30-13-28-29-14-30)12-21-22(24)9-19(10-23(21)25)35-36(27,32)33/h2-10,13-14H,12H2,1H3,(H2,27,32,33). The van der Waals surface area contributed by atoms with Crippen LogP contribution in [0.2, 0.25) is 0 Å². The monoisotopic (exact) mass is 512 g/mol. The van der Waals surface area contributed by atoms with Crippen LogP contribution in [-0.2, 0) is 16.8 Å². The third-order valence-electron chi connectivity index (χ3n) is 5.14. The van der Waals surface area contributed by atoms with Crippen molar-refractivity contribution >= 4 is 16.0 Å². The highest BCUT2D eigenvalue weighted by atomic mass is 32.2. The number of nitrogens with zero attached hydrogens (tertiary/aromatic N) is 5. The molecule has 0 aliphatic heterocycles. The fraction of sp³-hybridized carbons (Fsp3) is 0.0870. The SMILES string of the molecule is COc1ccc(-c2cc(N(Cc3c(F)cc(OS(N)(=O)=O)cc3F)n3cnnc3)ccc2C#N)cc1. The highest BCUT2D eigenvalue weighted by Crippen LogP contribution is 2.32. The first kappa shape index (κ1) is 24.6. The Bertz CT molecular complexity index is 1520. The highest BCUT2D eigenvalue weighted by molar-refractivity contribution is 7.84. The number of nitriles is 1. The molecule has 0 amide bonds. The Kier molecular flexibility index (Phi) is 6.82. The molecule has 4 rings (SSSR count). The molecule has 0 unspecified atom stereocenters. The van der Waals surface area contributed by atoms with Crippen molar-refractivity contribution in [3.8, 4) is 28.7 Å². The fourth-order valence-corrected chi connectivity index (χ4v) is 3.85. The van der Waals surface area contributed by atoms with Crippen LogP contribution >= 0.6 is 0 Å². The maximum absolute atomic E-state index is 14.9. The summed E-state index contributed by atoms with van der Waals surface area (Å²) in [4.78, 5) is 0. The molecule has 10 nitrogen and oxygen atoms in total. The molecule has 4 aromatic rings. The Balaban J connectivity index is 1.77. The van der Waals surface area contributed by atoms with Crippen LogP contribution in [0.5, 0.6) is 11.5 Å². The van der Waals surface area contributed by atoms with Crippen molar-refractivity contribution in [1.29, 1.82) is 5.26 Å². The smallest absolute Gasteiger partial charge is 0.380 e. The van der Waals surface area contributed by atoms with E-state index >= 15 is 0 Å². The molecule has 0 saturated carbocycles. The molecule has 0 aliphatic carbocycles. The molecule has 0 saturated heterocycles. The van der Waals surface area contributed by atoms with Gasteiger partial charge in [0.05, 0.1) is 31.0 Å². The number of anilines is 1. The van der Waals surface area contributed by atoms with E-state index in [9.17, 15) is 22.5 Å². The van der Waals surface area contributed by atoms with Gasteiger partial charge in [0.2, 0.25) is 0 Å². The maximum atomic E-state index is 14.9. The minimum absolute atomic E-state index is 0.348. The van der Waals surface area contributed by atoms with E-state index in [-0.39, 0.29) is 12.1 Å². The topological polar surface area (TPSA) is 136 Å². The summed E-state index contributed by atoms with van der Waals surface area (Å²) < 4.78 is 62.9. The molecule has 1 heterocycles. The summed E-state index contributed by atoms with van der Waals surface area (Å²) in [6.45, 7) is -0.348. The van der Waals surface area contributed by atoms with Crippen molar-refractivity contribution in [2.75, 3.05) is 12.1 Å². The van der Waals surface area contributed by atoms with E-state index in [2.05, 4.69) is 20.4 Å². The Morgan fingerprint density at radius 3 is 2.22 bits per heavy atom. The summed E-state index contributed by atoms with van der Waals surface area (Å²) in [6, 6.07) is 15.5. The van der Waals surface area contributed by atoms with Gasteiger partial charge in [-0.2, -0.15) is 18.8 Å². The minimum atomic E-state index is -4.47. The van der Waals surface area contributed by atoms with Crippen molar-refractivity contribution in [3.05, 3.63) is 90.0 Å². The van der Waals surface area contributed by atoms with Gasteiger partial charge in [0, 0.05) is 23.3 Å². The molecule has 3 aromatic carbocycles. The van der Waals surface area contributed by atoms with Crippen molar-refractivity contribution in [1.82, 2.24) is 14.9 Å². The number of halogens is 2. The zero-order valence-corrected chi connectivity index (χ0v) is 19.5.